The number of hydrogen-bond acceptors (Lipinski definition) is 3. The minimum atomic E-state index is -0.106. The highest BCUT2D eigenvalue weighted by atomic mass is 127. The molecule has 0 unspecified atom stereocenters. The molecule has 1 fully saturated rings. The maximum absolute atomic E-state index is 12.5. The van der Waals surface area contributed by atoms with Crippen molar-refractivity contribution in [3.63, 3.8) is 0 Å². The van der Waals surface area contributed by atoms with Crippen LogP contribution in [0.3, 0.4) is 0 Å². The van der Waals surface area contributed by atoms with Gasteiger partial charge in [-0.1, -0.05) is 0 Å². The number of likely N-dealkylation sites (tertiary alicyclic amines) is 1. The summed E-state index contributed by atoms with van der Waals surface area (Å²) in [7, 11) is 2.14. The molecule has 0 aromatic heterocycles. The average molecular weight is 401 g/mol. The van der Waals surface area contributed by atoms with Gasteiger partial charge in [0.05, 0.1) is 5.92 Å². The highest BCUT2D eigenvalue weighted by Gasteiger charge is 2.45. The van der Waals surface area contributed by atoms with Crippen molar-refractivity contribution in [1.29, 1.82) is 0 Å². The van der Waals surface area contributed by atoms with Gasteiger partial charge in [-0.2, -0.15) is 0 Å². The van der Waals surface area contributed by atoms with Crippen LogP contribution in [0.2, 0.25) is 0 Å². The van der Waals surface area contributed by atoms with Crippen LogP contribution in [-0.4, -0.2) is 29.0 Å². The van der Waals surface area contributed by atoms with E-state index in [0.717, 1.165) is 16.4 Å². The number of carbonyl (C=O) groups is 1. The van der Waals surface area contributed by atoms with E-state index in [4.69, 9.17) is 4.74 Å². The number of halogens is 1. The van der Waals surface area contributed by atoms with Crippen LogP contribution in [0.25, 0.3) is 0 Å². The van der Waals surface area contributed by atoms with Crippen molar-refractivity contribution in [2.45, 2.75) is 51.6 Å². The second-order valence-electron chi connectivity index (χ2n) is 7.16. The van der Waals surface area contributed by atoms with Gasteiger partial charge in [0.2, 0.25) is 0 Å². The molecule has 3 nitrogen and oxygen atoms in total. The van der Waals surface area contributed by atoms with Crippen LogP contribution in [-0.2, 0) is 4.79 Å². The fraction of sp³-hybridized carbons (Fsp3) is 0.588. The lowest BCUT2D eigenvalue weighted by atomic mass is 9.74. The van der Waals surface area contributed by atoms with Crippen molar-refractivity contribution < 1.29 is 9.53 Å². The van der Waals surface area contributed by atoms with Gasteiger partial charge in [-0.05, 0) is 94.4 Å². The van der Waals surface area contributed by atoms with E-state index in [1.54, 1.807) is 0 Å². The SMILES string of the molecule is CN1C(C)(C)CC(C(=O)Oc2ccc(I)cc2)CC1(C)C. The van der Waals surface area contributed by atoms with Gasteiger partial charge in [0.25, 0.3) is 0 Å². The number of esters is 1. The first-order valence-electron chi connectivity index (χ1n) is 7.33. The van der Waals surface area contributed by atoms with Crippen LogP contribution < -0.4 is 4.74 Å². The summed E-state index contributed by atoms with van der Waals surface area (Å²) in [6.45, 7) is 8.77. The Labute approximate surface area is 141 Å². The zero-order chi connectivity index (χ0) is 15.8. The summed E-state index contributed by atoms with van der Waals surface area (Å²) in [5.41, 5.74) is -0.00495. The molecule has 1 aliphatic heterocycles. The van der Waals surface area contributed by atoms with E-state index in [1.807, 2.05) is 24.3 Å². The van der Waals surface area contributed by atoms with Gasteiger partial charge in [-0.3, -0.25) is 9.69 Å². The first kappa shape index (κ1) is 16.7. The molecule has 0 atom stereocenters. The van der Waals surface area contributed by atoms with E-state index in [9.17, 15) is 4.79 Å². The summed E-state index contributed by atoms with van der Waals surface area (Å²) in [5, 5.41) is 0. The minimum absolute atomic E-state index is 0.00248. The Morgan fingerprint density at radius 3 is 2.10 bits per heavy atom. The highest BCUT2D eigenvalue weighted by molar-refractivity contribution is 14.1. The summed E-state index contributed by atoms with van der Waals surface area (Å²) in [4.78, 5) is 14.9. The first-order chi connectivity index (χ1) is 9.62. The predicted octanol–water partition coefficient (Wildman–Crippen LogP) is 4.10. The molecule has 1 aromatic rings. The van der Waals surface area contributed by atoms with Gasteiger partial charge in [0.1, 0.15) is 5.75 Å². The zero-order valence-corrected chi connectivity index (χ0v) is 15.6. The van der Waals surface area contributed by atoms with Crippen LogP contribution in [0, 0.1) is 9.49 Å². The van der Waals surface area contributed by atoms with Crippen molar-refractivity contribution >= 4 is 28.6 Å². The van der Waals surface area contributed by atoms with Gasteiger partial charge in [-0.25, -0.2) is 0 Å². The third-order valence-corrected chi connectivity index (χ3v) is 5.39. The Morgan fingerprint density at radius 2 is 1.62 bits per heavy atom. The van der Waals surface area contributed by atoms with E-state index in [-0.39, 0.29) is 23.0 Å². The van der Waals surface area contributed by atoms with Crippen molar-refractivity contribution in [1.82, 2.24) is 4.90 Å². The fourth-order valence-corrected chi connectivity index (χ4v) is 3.60. The van der Waals surface area contributed by atoms with Crippen LogP contribution in [0.15, 0.2) is 24.3 Å². The lowest BCUT2D eigenvalue weighted by Gasteiger charge is -2.53. The summed E-state index contributed by atoms with van der Waals surface area (Å²) in [6, 6.07) is 7.60. The zero-order valence-electron chi connectivity index (χ0n) is 13.4. The summed E-state index contributed by atoms with van der Waals surface area (Å²) in [6.07, 6.45) is 1.66. The smallest absolute Gasteiger partial charge is 0.314 e. The van der Waals surface area contributed by atoms with E-state index >= 15 is 0 Å². The number of nitrogens with zero attached hydrogens (tertiary/aromatic N) is 1. The van der Waals surface area contributed by atoms with E-state index in [0.29, 0.717) is 5.75 Å². The lowest BCUT2D eigenvalue weighted by Crippen LogP contribution is -2.59. The normalized spacial score (nSPS) is 22.0. The molecule has 116 valence electrons. The van der Waals surface area contributed by atoms with E-state index < -0.39 is 0 Å². The lowest BCUT2D eigenvalue weighted by molar-refractivity contribution is -0.146. The number of ether oxygens (including phenoxy) is 1. The van der Waals surface area contributed by atoms with E-state index in [2.05, 4.69) is 62.2 Å². The number of benzene rings is 1. The summed E-state index contributed by atoms with van der Waals surface area (Å²) < 4.78 is 6.70. The molecular weight excluding hydrogens is 377 g/mol. The first-order valence-corrected chi connectivity index (χ1v) is 8.41. The molecule has 4 heteroatoms. The van der Waals surface area contributed by atoms with Gasteiger partial charge in [0, 0.05) is 14.6 Å². The van der Waals surface area contributed by atoms with Gasteiger partial charge < -0.3 is 4.74 Å². The quantitative estimate of drug-likeness (QED) is 0.425. The second-order valence-corrected chi connectivity index (χ2v) is 8.41. The molecule has 0 aliphatic carbocycles. The largest absolute Gasteiger partial charge is 0.426 e. The van der Waals surface area contributed by atoms with Crippen molar-refractivity contribution in [2.24, 2.45) is 5.92 Å². The molecule has 0 bridgehead atoms. The fourth-order valence-electron chi connectivity index (χ4n) is 3.24. The van der Waals surface area contributed by atoms with Crippen LogP contribution >= 0.6 is 22.6 Å². The highest BCUT2D eigenvalue weighted by Crippen LogP contribution is 2.40. The second kappa shape index (κ2) is 5.88. The van der Waals surface area contributed by atoms with Gasteiger partial charge >= 0.3 is 5.97 Å². The third-order valence-electron chi connectivity index (χ3n) is 4.67. The molecule has 2 rings (SSSR count). The van der Waals surface area contributed by atoms with Crippen LogP contribution in [0.4, 0.5) is 0 Å². The maximum atomic E-state index is 12.5. The Kier molecular flexibility index (Phi) is 4.69. The molecule has 1 saturated heterocycles. The Bertz CT molecular complexity index is 504. The molecule has 0 saturated carbocycles. The summed E-state index contributed by atoms with van der Waals surface area (Å²) in [5.74, 6) is 0.478. The standard InChI is InChI=1S/C17H24INO2/c1-16(2)10-12(11-17(3,4)19(16)5)15(20)21-14-8-6-13(18)7-9-14/h6-9,12H,10-11H2,1-5H3. The van der Waals surface area contributed by atoms with Crippen molar-refractivity contribution in [2.75, 3.05) is 7.05 Å². The summed E-state index contributed by atoms with van der Waals surface area (Å²) >= 11 is 2.24. The number of carbonyl (C=O) groups excluding carboxylic acids is 1. The van der Waals surface area contributed by atoms with E-state index in [1.165, 1.54) is 0 Å². The Morgan fingerprint density at radius 1 is 1.14 bits per heavy atom. The predicted molar refractivity (Wildman–Crippen MR) is 93.4 cm³/mol. The molecule has 1 heterocycles. The molecule has 0 amide bonds. The van der Waals surface area contributed by atoms with Gasteiger partial charge in [0.15, 0.2) is 0 Å². The maximum Gasteiger partial charge on any atom is 0.314 e. The van der Waals surface area contributed by atoms with Crippen LogP contribution in [0.1, 0.15) is 40.5 Å². The Hall–Kier alpha value is -0.620. The molecule has 0 spiro atoms. The third kappa shape index (κ3) is 3.77. The van der Waals surface area contributed by atoms with Crippen molar-refractivity contribution in [3.05, 3.63) is 27.8 Å². The van der Waals surface area contributed by atoms with Gasteiger partial charge in [-0.15, -0.1) is 0 Å². The number of hydrogen-bond donors (Lipinski definition) is 0. The molecule has 1 aromatic carbocycles. The number of rotatable bonds is 2. The van der Waals surface area contributed by atoms with Crippen molar-refractivity contribution in [3.8, 4) is 5.75 Å². The minimum Gasteiger partial charge on any atom is -0.426 e. The molecule has 0 N–H and O–H groups in total. The topological polar surface area (TPSA) is 29.5 Å². The van der Waals surface area contributed by atoms with Crippen LogP contribution in [0.5, 0.6) is 5.75 Å². The molecular formula is C17H24INO2. The molecule has 0 radical (unpaired) electrons. The average Bonchev–Trinajstić information content (AvgIpc) is 2.38. The monoisotopic (exact) mass is 401 g/mol. The molecule has 21 heavy (non-hydrogen) atoms. The number of piperidine rings is 1. The Balaban J connectivity index is 2.11. The molecule has 1 aliphatic rings.